The fourth-order valence-electron chi connectivity index (χ4n) is 4.14. The highest BCUT2D eigenvalue weighted by atomic mass is 16.2. The van der Waals surface area contributed by atoms with E-state index in [1.54, 1.807) is 25.2 Å². The number of hydrogen-bond acceptors (Lipinski definition) is 5. The minimum absolute atomic E-state index is 0.0156. The minimum atomic E-state index is -0.0299. The van der Waals surface area contributed by atoms with Crippen LogP contribution in [0.3, 0.4) is 0 Å². The van der Waals surface area contributed by atoms with E-state index < -0.39 is 0 Å². The molecule has 160 valence electrons. The monoisotopic (exact) mass is 411 g/mol. The van der Waals surface area contributed by atoms with E-state index in [1.807, 2.05) is 29.3 Å². The summed E-state index contributed by atoms with van der Waals surface area (Å²) in [6.07, 6.45) is 5.94. The molecule has 2 N–H and O–H groups in total. The molecule has 9 heteroatoms. The molecule has 30 heavy (non-hydrogen) atoms. The lowest BCUT2D eigenvalue weighted by atomic mass is 9.95. The largest absolute Gasteiger partial charge is 0.360 e. The number of rotatable bonds is 4. The Labute approximate surface area is 176 Å². The standard InChI is InChI=1S/C21H29N7O2/c1-26(2)21(30)27-11-6-15(7-12-27)19(29)24-16-8-13-28(14-16)20-23-10-5-18(25-20)17-4-3-9-22-17/h3-5,9-10,15-16,22H,6-8,11-14H2,1-2H3,(H,24,29). The predicted octanol–water partition coefficient (Wildman–Crippen LogP) is 1.56. The molecule has 2 fully saturated rings. The third-order valence-corrected chi connectivity index (χ3v) is 5.85. The number of hydrogen-bond donors (Lipinski definition) is 2. The zero-order chi connectivity index (χ0) is 21.1. The molecule has 3 amide bonds. The second kappa shape index (κ2) is 8.73. The topological polar surface area (TPSA) is 97.5 Å². The van der Waals surface area contributed by atoms with Crippen molar-refractivity contribution in [3.63, 3.8) is 0 Å². The van der Waals surface area contributed by atoms with Gasteiger partial charge < -0.3 is 25.0 Å². The van der Waals surface area contributed by atoms with Crippen molar-refractivity contribution in [2.75, 3.05) is 45.2 Å². The number of nitrogens with zero attached hydrogens (tertiary/aromatic N) is 5. The van der Waals surface area contributed by atoms with Gasteiger partial charge in [-0.2, -0.15) is 0 Å². The smallest absolute Gasteiger partial charge is 0.319 e. The van der Waals surface area contributed by atoms with Gasteiger partial charge in [-0.25, -0.2) is 14.8 Å². The Morgan fingerprint density at radius 2 is 1.97 bits per heavy atom. The number of likely N-dealkylation sites (tertiary alicyclic amines) is 1. The molecule has 0 spiro atoms. The van der Waals surface area contributed by atoms with Gasteiger partial charge in [-0.05, 0) is 37.5 Å². The average Bonchev–Trinajstić information content (AvgIpc) is 3.46. The summed E-state index contributed by atoms with van der Waals surface area (Å²) < 4.78 is 0. The van der Waals surface area contributed by atoms with Gasteiger partial charge in [0.25, 0.3) is 0 Å². The zero-order valence-corrected chi connectivity index (χ0v) is 17.5. The predicted molar refractivity (Wildman–Crippen MR) is 114 cm³/mol. The first kappa shape index (κ1) is 20.2. The van der Waals surface area contributed by atoms with Crippen LogP contribution in [0.2, 0.25) is 0 Å². The summed E-state index contributed by atoms with van der Waals surface area (Å²) in [7, 11) is 3.51. The van der Waals surface area contributed by atoms with Gasteiger partial charge in [-0.3, -0.25) is 4.79 Å². The molecule has 0 bridgehead atoms. The lowest BCUT2D eigenvalue weighted by Gasteiger charge is -2.33. The number of piperidine rings is 1. The van der Waals surface area contributed by atoms with Gasteiger partial charge in [-0.1, -0.05) is 0 Å². The maximum Gasteiger partial charge on any atom is 0.319 e. The highest BCUT2D eigenvalue weighted by Crippen LogP contribution is 2.22. The molecule has 4 heterocycles. The molecular formula is C21H29N7O2. The van der Waals surface area contributed by atoms with Crippen molar-refractivity contribution in [2.24, 2.45) is 5.92 Å². The average molecular weight is 412 g/mol. The summed E-state index contributed by atoms with van der Waals surface area (Å²) in [5.74, 6) is 0.756. The number of nitrogens with one attached hydrogen (secondary N) is 2. The number of aromatic nitrogens is 3. The van der Waals surface area contributed by atoms with Crippen LogP contribution in [0, 0.1) is 5.92 Å². The molecular weight excluding hydrogens is 382 g/mol. The lowest BCUT2D eigenvalue weighted by Crippen LogP contribution is -2.48. The third kappa shape index (κ3) is 4.39. The molecule has 4 rings (SSSR count). The van der Waals surface area contributed by atoms with E-state index in [1.165, 1.54) is 0 Å². The van der Waals surface area contributed by atoms with Crippen LogP contribution in [0.25, 0.3) is 11.4 Å². The molecule has 0 aromatic carbocycles. The Balaban J connectivity index is 1.29. The molecule has 2 aliphatic heterocycles. The van der Waals surface area contributed by atoms with Crippen LogP contribution in [-0.4, -0.2) is 83.0 Å². The van der Waals surface area contributed by atoms with E-state index in [4.69, 9.17) is 0 Å². The Kier molecular flexibility index (Phi) is 5.87. The van der Waals surface area contributed by atoms with Crippen molar-refractivity contribution in [1.82, 2.24) is 30.1 Å². The minimum Gasteiger partial charge on any atom is -0.360 e. The van der Waals surface area contributed by atoms with Crippen LogP contribution in [0.4, 0.5) is 10.7 Å². The molecule has 2 aromatic rings. The van der Waals surface area contributed by atoms with Crippen LogP contribution in [-0.2, 0) is 4.79 Å². The lowest BCUT2D eigenvalue weighted by molar-refractivity contribution is -0.126. The summed E-state index contributed by atoms with van der Waals surface area (Å²) in [4.78, 5) is 42.6. The molecule has 2 saturated heterocycles. The molecule has 2 aromatic heterocycles. The van der Waals surface area contributed by atoms with Gasteiger partial charge in [0.1, 0.15) is 0 Å². The zero-order valence-electron chi connectivity index (χ0n) is 17.5. The highest BCUT2D eigenvalue weighted by Gasteiger charge is 2.31. The Hall–Kier alpha value is -3.10. The number of amides is 3. The van der Waals surface area contributed by atoms with Crippen LogP contribution in [0.15, 0.2) is 30.6 Å². The molecule has 0 radical (unpaired) electrons. The van der Waals surface area contributed by atoms with E-state index in [0.717, 1.165) is 24.4 Å². The van der Waals surface area contributed by atoms with Crippen LogP contribution in [0.5, 0.6) is 0 Å². The highest BCUT2D eigenvalue weighted by molar-refractivity contribution is 5.80. The number of aromatic amines is 1. The van der Waals surface area contributed by atoms with Crippen molar-refractivity contribution in [1.29, 1.82) is 0 Å². The Bertz CT molecular complexity index is 875. The number of carbonyl (C=O) groups excluding carboxylic acids is 2. The van der Waals surface area contributed by atoms with E-state index >= 15 is 0 Å². The third-order valence-electron chi connectivity index (χ3n) is 5.85. The Morgan fingerprint density at radius 3 is 2.67 bits per heavy atom. The fraction of sp³-hybridized carbons (Fsp3) is 0.524. The Morgan fingerprint density at radius 1 is 1.17 bits per heavy atom. The molecule has 9 nitrogen and oxygen atoms in total. The van der Waals surface area contributed by atoms with Crippen molar-refractivity contribution in [2.45, 2.75) is 25.3 Å². The number of urea groups is 1. The summed E-state index contributed by atoms with van der Waals surface area (Å²) in [6.45, 7) is 2.78. The van der Waals surface area contributed by atoms with Crippen LogP contribution in [0.1, 0.15) is 19.3 Å². The first-order valence-corrected chi connectivity index (χ1v) is 10.5. The maximum atomic E-state index is 12.7. The summed E-state index contributed by atoms with van der Waals surface area (Å²) >= 11 is 0. The van der Waals surface area contributed by atoms with Crippen LogP contribution >= 0.6 is 0 Å². The van der Waals surface area contributed by atoms with Crippen molar-refractivity contribution in [3.05, 3.63) is 30.6 Å². The first-order chi connectivity index (χ1) is 14.5. The second-order valence-corrected chi connectivity index (χ2v) is 8.20. The summed E-state index contributed by atoms with van der Waals surface area (Å²) in [6, 6.07) is 5.92. The molecule has 0 aliphatic carbocycles. The van der Waals surface area contributed by atoms with E-state index in [9.17, 15) is 9.59 Å². The molecule has 1 atom stereocenters. The number of H-pyrrole nitrogens is 1. The summed E-state index contributed by atoms with van der Waals surface area (Å²) in [5.41, 5.74) is 1.82. The van der Waals surface area contributed by atoms with E-state index in [-0.39, 0.29) is 23.9 Å². The fourth-order valence-corrected chi connectivity index (χ4v) is 4.14. The van der Waals surface area contributed by atoms with Crippen molar-refractivity contribution >= 4 is 17.9 Å². The van der Waals surface area contributed by atoms with Gasteiger partial charge >= 0.3 is 6.03 Å². The second-order valence-electron chi connectivity index (χ2n) is 8.20. The van der Waals surface area contributed by atoms with Gasteiger partial charge in [0, 0.05) is 64.6 Å². The normalized spacial score (nSPS) is 19.7. The van der Waals surface area contributed by atoms with E-state index in [0.29, 0.717) is 38.4 Å². The summed E-state index contributed by atoms with van der Waals surface area (Å²) in [5, 5.41) is 3.20. The van der Waals surface area contributed by atoms with Gasteiger partial charge in [0.2, 0.25) is 11.9 Å². The van der Waals surface area contributed by atoms with E-state index in [2.05, 4.69) is 25.2 Å². The van der Waals surface area contributed by atoms with Gasteiger partial charge in [-0.15, -0.1) is 0 Å². The van der Waals surface area contributed by atoms with Crippen LogP contribution < -0.4 is 10.2 Å². The van der Waals surface area contributed by atoms with Gasteiger partial charge in [0.15, 0.2) is 0 Å². The first-order valence-electron chi connectivity index (χ1n) is 10.5. The molecule has 1 unspecified atom stereocenters. The maximum absolute atomic E-state index is 12.7. The number of carbonyl (C=O) groups is 2. The van der Waals surface area contributed by atoms with Crippen molar-refractivity contribution < 1.29 is 9.59 Å². The SMILES string of the molecule is CN(C)C(=O)N1CCC(C(=O)NC2CCN(c3nccc(-c4ccc[nH]4)n3)C2)CC1. The van der Waals surface area contributed by atoms with Crippen molar-refractivity contribution in [3.8, 4) is 11.4 Å². The molecule has 0 saturated carbocycles. The quantitative estimate of drug-likeness (QED) is 0.796. The molecule has 2 aliphatic rings. The number of anilines is 1. The van der Waals surface area contributed by atoms with Gasteiger partial charge in [0.05, 0.1) is 11.4 Å².